The van der Waals surface area contributed by atoms with E-state index in [1.807, 2.05) is 30.3 Å². The Bertz CT molecular complexity index is 3620. The second-order valence-electron chi connectivity index (χ2n) is 15.9. The fourth-order valence-corrected chi connectivity index (χ4v) is 9.01. The van der Waals surface area contributed by atoms with Crippen molar-refractivity contribution in [3.63, 3.8) is 0 Å². The molecule has 0 aliphatic heterocycles. The lowest BCUT2D eigenvalue weighted by Gasteiger charge is -2.16. The van der Waals surface area contributed by atoms with E-state index in [1.54, 1.807) is 0 Å². The maximum Gasteiger partial charge on any atom is 0.160 e. The fourth-order valence-electron chi connectivity index (χ4n) is 9.01. The summed E-state index contributed by atoms with van der Waals surface area (Å²) in [5.74, 6) is 0.681. The van der Waals surface area contributed by atoms with Crippen molar-refractivity contribution < 1.29 is 4.42 Å². The van der Waals surface area contributed by atoms with E-state index >= 15 is 0 Å². The molecule has 0 fully saturated rings. The van der Waals surface area contributed by atoms with Crippen LogP contribution in [0.4, 0.5) is 0 Å². The largest absolute Gasteiger partial charge is 0.456 e. The van der Waals surface area contributed by atoms with E-state index in [0.29, 0.717) is 5.82 Å². The minimum atomic E-state index is 0.681. The van der Waals surface area contributed by atoms with Crippen LogP contribution in [0.15, 0.2) is 229 Å². The van der Waals surface area contributed by atoms with Crippen molar-refractivity contribution in [1.82, 2.24) is 15.0 Å². The van der Waals surface area contributed by atoms with Crippen molar-refractivity contribution in [3.05, 3.63) is 224 Å². The van der Waals surface area contributed by atoms with Gasteiger partial charge in [-0.1, -0.05) is 200 Å². The van der Waals surface area contributed by atoms with Crippen LogP contribution in [0, 0.1) is 0 Å². The zero-order valence-electron chi connectivity index (χ0n) is 34.1. The van der Waals surface area contributed by atoms with Gasteiger partial charge < -0.3 is 4.42 Å². The molecule has 4 heteroatoms. The van der Waals surface area contributed by atoms with Crippen molar-refractivity contribution in [2.24, 2.45) is 0 Å². The van der Waals surface area contributed by atoms with Gasteiger partial charge >= 0.3 is 0 Å². The van der Waals surface area contributed by atoms with Crippen LogP contribution in [0.25, 0.3) is 122 Å². The zero-order chi connectivity index (χ0) is 41.7. The lowest BCUT2D eigenvalue weighted by molar-refractivity contribution is 0.669. The molecule has 0 saturated heterocycles. The lowest BCUT2D eigenvalue weighted by Crippen LogP contribution is -1.96. The molecule has 0 saturated carbocycles. The number of rotatable bonds is 7. The molecular formula is C59H37N3O. The molecule has 0 amide bonds. The van der Waals surface area contributed by atoms with Crippen LogP contribution in [0.3, 0.4) is 0 Å². The first-order valence-corrected chi connectivity index (χ1v) is 21.3. The van der Waals surface area contributed by atoms with Gasteiger partial charge in [0.05, 0.1) is 22.6 Å². The number of hydrogen-bond donors (Lipinski definition) is 0. The summed E-state index contributed by atoms with van der Waals surface area (Å²) < 4.78 is 6.68. The van der Waals surface area contributed by atoms with Crippen molar-refractivity contribution in [3.8, 4) is 78.5 Å². The number of aromatic nitrogens is 3. The van der Waals surface area contributed by atoms with Crippen LogP contribution in [0.1, 0.15) is 0 Å². The molecule has 0 spiro atoms. The van der Waals surface area contributed by atoms with Gasteiger partial charge in [0.2, 0.25) is 0 Å². The van der Waals surface area contributed by atoms with Gasteiger partial charge in [0, 0.05) is 54.7 Å². The van der Waals surface area contributed by atoms with Gasteiger partial charge in [-0.05, 0) is 52.1 Å². The van der Waals surface area contributed by atoms with Crippen molar-refractivity contribution in [2.45, 2.75) is 0 Å². The highest BCUT2D eigenvalue weighted by Gasteiger charge is 2.22. The number of furan rings is 1. The summed E-state index contributed by atoms with van der Waals surface area (Å²) in [5, 5.41) is 5.48. The molecule has 9 aromatic carbocycles. The zero-order valence-corrected chi connectivity index (χ0v) is 34.1. The van der Waals surface area contributed by atoms with Gasteiger partial charge in [0.15, 0.2) is 5.82 Å². The highest BCUT2D eigenvalue weighted by atomic mass is 16.3. The number of para-hydroxylation sites is 2. The summed E-state index contributed by atoms with van der Waals surface area (Å²) >= 11 is 0. The quantitative estimate of drug-likeness (QED) is 0.151. The number of pyridine rings is 1. The van der Waals surface area contributed by atoms with Gasteiger partial charge in [0.25, 0.3) is 0 Å². The highest BCUT2D eigenvalue weighted by Crippen LogP contribution is 2.46. The summed E-state index contributed by atoms with van der Waals surface area (Å²) in [5.41, 5.74) is 16.2. The molecule has 294 valence electrons. The molecule has 0 aliphatic carbocycles. The van der Waals surface area contributed by atoms with Crippen LogP contribution in [-0.4, -0.2) is 15.0 Å². The first-order chi connectivity index (χ1) is 31.2. The Balaban J connectivity index is 1.02. The molecule has 12 aromatic rings. The molecule has 0 N–H and O–H groups in total. The topological polar surface area (TPSA) is 51.8 Å². The first-order valence-electron chi connectivity index (χ1n) is 21.3. The van der Waals surface area contributed by atoms with Crippen LogP contribution in [0.2, 0.25) is 0 Å². The fraction of sp³-hybridized carbons (Fsp3) is 0. The lowest BCUT2D eigenvalue weighted by atomic mass is 9.89. The smallest absolute Gasteiger partial charge is 0.160 e. The molecule has 0 bridgehead atoms. The number of hydrogen-bond acceptors (Lipinski definition) is 4. The third-order valence-electron chi connectivity index (χ3n) is 12.1. The monoisotopic (exact) mass is 803 g/mol. The molecule has 4 nitrogen and oxygen atoms in total. The van der Waals surface area contributed by atoms with E-state index in [-0.39, 0.29) is 0 Å². The van der Waals surface area contributed by atoms with E-state index in [4.69, 9.17) is 19.4 Å². The summed E-state index contributed by atoms with van der Waals surface area (Å²) in [4.78, 5) is 15.6. The van der Waals surface area contributed by atoms with Crippen LogP contribution < -0.4 is 0 Å². The van der Waals surface area contributed by atoms with Crippen molar-refractivity contribution in [1.29, 1.82) is 0 Å². The molecular weight excluding hydrogens is 767 g/mol. The molecule has 0 radical (unpaired) electrons. The molecule has 0 atom stereocenters. The van der Waals surface area contributed by atoms with Crippen LogP contribution in [0.5, 0.6) is 0 Å². The predicted octanol–water partition coefficient (Wildman–Crippen LogP) is 15.7. The second-order valence-corrected chi connectivity index (χ2v) is 15.9. The van der Waals surface area contributed by atoms with E-state index in [1.165, 1.54) is 16.7 Å². The van der Waals surface area contributed by atoms with Crippen LogP contribution >= 0.6 is 0 Å². The molecule has 3 aromatic heterocycles. The van der Waals surface area contributed by atoms with Gasteiger partial charge in [-0.25, -0.2) is 15.0 Å². The minimum Gasteiger partial charge on any atom is -0.456 e. The Labute approximate surface area is 364 Å². The number of fused-ring (bicyclic) bond motifs is 6. The molecule has 0 unspecified atom stereocenters. The normalized spacial score (nSPS) is 11.5. The van der Waals surface area contributed by atoms with Gasteiger partial charge in [-0.2, -0.15) is 0 Å². The van der Waals surface area contributed by atoms with Gasteiger partial charge in [0.1, 0.15) is 11.2 Å². The Morgan fingerprint density at radius 2 is 0.746 bits per heavy atom. The Morgan fingerprint density at radius 1 is 0.286 bits per heavy atom. The summed E-state index contributed by atoms with van der Waals surface area (Å²) in [6, 6.07) is 78.5. The average molecular weight is 804 g/mol. The highest BCUT2D eigenvalue weighted by molar-refractivity contribution is 6.27. The average Bonchev–Trinajstić information content (AvgIpc) is 3.74. The molecule has 12 rings (SSSR count). The molecule has 63 heavy (non-hydrogen) atoms. The third kappa shape index (κ3) is 6.53. The van der Waals surface area contributed by atoms with Gasteiger partial charge in [-0.15, -0.1) is 0 Å². The first kappa shape index (κ1) is 36.4. The Kier molecular flexibility index (Phi) is 8.79. The van der Waals surface area contributed by atoms with E-state index in [9.17, 15) is 0 Å². The van der Waals surface area contributed by atoms with E-state index in [2.05, 4.69) is 194 Å². The standard InChI is InChI=1S/C59H37N3O/c1-4-14-38(15-5-1)40-24-28-42(29-25-40)51-37-52(62-59(61-51)46-18-8-3-9-19-46)43-30-34-45(35-31-43)58-49-36-54-57(48-21-11-13-23-53(48)63-54)55(56(49)47-20-10-12-22-50(47)60-58)44-32-26-41(27-33-44)39-16-6-2-7-17-39/h1-37H. The maximum absolute atomic E-state index is 6.68. The maximum atomic E-state index is 6.68. The van der Waals surface area contributed by atoms with E-state index < -0.39 is 0 Å². The predicted molar refractivity (Wildman–Crippen MR) is 260 cm³/mol. The molecule has 3 heterocycles. The van der Waals surface area contributed by atoms with Crippen LogP contribution in [-0.2, 0) is 0 Å². The Hall–Kier alpha value is -8.47. The number of benzene rings is 9. The summed E-state index contributed by atoms with van der Waals surface area (Å²) in [6.45, 7) is 0. The van der Waals surface area contributed by atoms with E-state index in [0.717, 1.165) is 99.6 Å². The third-order valence-corrected chi connectivity index (χ3v) is 12.1. The Morgan fingerprint density at radius 3 is 1.35 bits per heavy atom. The van der Waals surface area contributed by atoms with Crippen molar-refractivity contribution in [2.75, 3.05) is 0 Å². The molecule has 0 aliphatic rings. The summed E-state index contributed by atoms with van der Waals surface area (Å²) in [6.07, 6.45) is 0. The van der Waals surface area contributed by atoms with Crippen molar-refractivity contribution >= 4 is 43.6 Å². The number of nitrogens with zero attached hydrogens (tertiary/aromatic N) is 3. The summed E-state index contributed by atoms with van der Waals surface area (Å²) in [7, 11) is 0. The SMILES string of the molecule is c1ccc(-c2ccc(-c3cc(-c4ccc(-c5nc6ccccc6c6c(-c7ccc(-c8ccccc8)cc7)c7c(cc56)oc5ccccc57)cc4)nc(-c4ccccc4)n3)cc2)cc1. The van der Waals surface area contributed by atoms with Gasteiger partial charge in [-0.3, -0.25) is 0 Å². The second kappa shape index (κ2) is 15.2. The minimum absolute atomic E-state index is 0.681.